The normalized spacial score (nSPS) is 34.6. The summed E-state index contributed by atoms with van der Waals surface area (Å²) < 4.78 is 0. The van der Waals surface area contributed by atoms with Crippen LogP contribution < -0.4 is 5.32 Å². The van der Waals surface area contributed by atoms with Gasteiger partial charge in [-0.1, -0.05) is 39.5 Å². The number of hydrogen-bond acceptors (Lipinski definition) is 3. The molecule has 0 spiro atoms. The first-order valence-corrected chi connectivity index (χ1v) is 10.2. The fourth-order valence-electron chi connectivity index (χ4n) is 4.41. The summed E-state index contributed by atoms with van der Waals surface area (Å²) in [6.07, 6.45) is 11.6. The van der Waals surface area contributed by atoms with Gasteiger partial charge in [0.25, 0.3) is 0 Å². The van der Waals surface area contributed by atoms with Crippen molar-refractivity contribution in [3.05, 3.63) is 0 Å². The number of rotatable bonds is 5. The molecule has 2 aliphatic carbocycles. The van der Waals surface area contributed by atoms with Gasteiger partial charge < -0.3 is 10.2 Å². The van der Waals surface area contributed by atoms with Crippen LogP contribution in [0.5, 0.6) is 0 Å². The lowest BCUT2D eigenvalue weighted by molar-refractivity contribution is 0.125. The van der Waals surface area contributed by atoms with Gasteiger partial charge in [0.2, 0.25) is 0 Å². The van der Waals surface area contributed by atoms with E-state index in [9.17, 15) is 0 Å². The van der Waals surface area contributed by atoms with Gasteiger partial charge in [0.1, 0.15) is 0 Å². The van der Waals surface area contributed by atoms with Crippen LogP contribution in [0.25, 0.3) is 0 Å². The van der Waals surface area contributed by atoms with Gasteiger partial charge in [0, 0.05) is 42.7 Å². The topological polar surface area (TPSA) is 15.3 Å². The molecule has 3 rings (SSSR count). The smallest absolute Gasteiger partial charge is 0.0149 e. The molecule has 2 unspecified atom stereocenters. The summed E-state index contributed by atoms with van der Waals surface area (Å²) in [5.41, 5.74) is 0.570. The second-order valence-corrected chi connectivity index (χ2v) is 9.90. The summed E-state index contributed by atoms with van der Waals surface area (Å²) in [5, 5.41) is 5.50. The Morgan fingerprint density at radius 3 is 2.19 bits per heavy atom. The molecule has 3 fully saturated rings. The Morgan fingerprint density at radius 1 is 1.00 bits per heavy atom. The van der Waals surface area contributed by atoms with Gasteiger partial charge in [0.05, 0.1) is 0 Å². The Bertz CT molecular complexity index is 311. The second kappa shape index (κ2) is 7.23. The van der Waals surface area contributed by atoms with Crippen LogP contribution in [0.15, 0.2) is 0 Å². The largest absolute Gasteiger partial charge is 0.313 e. The molecule has 122 valence electrons. The van der Waals surface area contributed by atoms with Crippen LogP contribution in [0.2, 0.25) is 0 Å². The summed E-state index contributed by atoms with van der Waals surface area (Å²) in [5.74, 6) is 0. The van der Waals surface area contributed by atoms with Crippen LogP contribution in [-0.4, -0.2) is 47.6 Å². The summed E-state index contributed by atoms with van der Waals surface area (Å²) in [4.78, 5) is 2.80. The molecule has 3 heteroatoms. The molecule has 0 aromatic carbocycles. The third-order valence-electron chi connectivity index (χ3n) is 5.56. The first-order valence-electron chi connectivity index (χ1n) is 9.26. The van der Waals surface area contributed by atoms with Gasteiger partial charge in [-0.05, 0) is 31.1 Å². The van der Waals surface area contributed by atoms with E-state index in [1.165, 1.54) is 77.5 Å². The predicted molar refractivity (Wildman–Crippen MR) is 94.1 cm³/mol. The molecule has 0 radical (unpaired) electrons. The van der Waals surface area contributed by atoms with Crippen molar-refractivity contribution < 1.29 is 0 Å². The van der Waals surface area contributed by atoms with Crippen molar-refractivity contribution in [1.82, 2.24) is 10.2 Å². The Labute approximate surface area is 135 Å². The standard InChI is InChI=1S/C18H34N2S/c1-15-11-20(12-16(2)21-15)14-18(13-19-17-7-8-17)9-5-3-4-6-10-18/h15-17,19H,3-14H2,1-2H3. The lowest BCUT2D eigenvalue weighted by Gasteiger charge is -2.42. The van der Waals surface area contributed by atoms with Gasteiger partial charge in [0.15, 0.2) is 0 Å². The van der Waals surface area contributed by atoms with Crippen LogP contribution in [0.4, 0.5) is 0 Å². The SMILES string of the molecule is CC1CN(CC2(CNC3CC3)CCCCCC2)CC(C)S1. The maximum Gasteiger partial charge on any atom is 0.0149 e. The minimum absolute atomic E-state index is 0.570. The molecule has 21 heavy (non-hydrogen) atoms. The highest BCUT2D eigenvalue weighted by Crippen LogP contribution is 2.38. The maximum absolute atomic E-state index is 3.88. The third-order valence-corrected chi connectivity index (χ3v) is 6.79. The van der Waals surface area contributed by atoms with E-state index >= 15 is 0 Å². The molecule has 2 nitrogen and oxygen atoms in total. The predicted octanol–water partition coefficient (Wildman–Crippen LogP) is 3.90. The van der Waals surface area contributed by atoms with Crippen LogP contribution in [-0.2, 0) is 0 Å². The molecule has 2 atom stereocenters. The molecule has 3 aliphatic rings. The van der Waals surface area contributed by atoms with E-state index in [1.807, 2.05) is 0 Å². The van der Waals surface area contributed by atoms with Gasteiger partial charge in [-0.3, -0.25) is 0 Å². The minimum Gasteiger partial charge on any atom is -0.313 e. The van der Waals surface area contributed by atoms with Gasteiger partial charge in [-0.25, -0.2) is 0 Å². The molecule has 0 bridgehead atoms. The van der Waals surface area contributed by atoms with Crippen molar-refractivity contribution in [2.24, 2.45) is 5.41 Å². The second-order valence-electron chi connectivity index (χ2n) is 8.02. The van der Waals surface area contributed by atoms with Crippen molar-refractivity contribution in [1.29, 1.82) is 0 Å². The van der Waals surface area contributed by atoms with Gasteiger partial charge in [-0.15, -0.1) is 0 Å². The molecule has 1 N–H and O–H groups in total. The fourth-order valence-corrected chi connectivity index (χ4v) is 5.79. The number of hydrogen-bond donors (Lipinski definition) is 1. The third kappa shape index (κ3) is 4.87. The molecule has 0 amide bonds. The van der Waals surface area contributed by atoms with Crippen LogP contribution in [0.3, 0.4) is 0 Å². The monoisotopic (exact) mass is 310 g/mol. The first kappa shape index (κ1) is 16.1. The van der Waals surface area contributed by atoms with E-state index in [4.69, 9.17) is 0 Å². The van der Waals surface area contributed by atoms with Crippen molar-refractivity contribution in [3.63, 3.8) is 0 Å². The Hall–Kier alpha value is 0.270. The summed E-state index contributed by atoms with van der Waals surface area (Å²) >= 11 is 2.18. The van der Waals surface area contributed by atoms with E-state index < -0.39 is 0 Å². The highest BCUT2D eigenvalue weighted by molar-refractivity contribution is 8.00. The van der Waals surface area contributed by atoms with E-state index in [1.54, 1.807) is 0 Å². The van der Waals surface area contributed by atoms with Crippen LogP contribution >= 0.6 is 11.8 Å². The van der Waals surface area contributed by atoms with Gasteiger partial charge >= 0.3 is 0 Å². The van der Waals surface area contributed by atoms with E-state index in [0.29, 0.717) is 5.41 Å². The van der Waals surface area contributed by atoms with Crippen molar-refractivity contribution in [2.45, 2.75) is 81.8 Å². The Kier molecular flexibility index (Phi) is 5.55. The molecule has 1 heterocycles. The van der Waals surface area contributed by atoms with Crippen molar-refractivity contribution in [2.75, 3.05) is 26.2 Å². The molecular formula is C18H34N2S. The molecular weight excluding hydrogens is 276 g/mol. The zero-order valence-corrected chi connectivity index (χ0v) is 14.9. The van der Waals surface area contributed by atoms with E-state index in [2.05, 4.69) is 35.8 Å². The van der Waals surface area contributed by atoms with E-state index in [0.717, 1.165) is 16.5 Å². The maximum atomic E-state index is 3.88. The number of nitrogens with one attached hydrogen (secondary N) is 1. The van der Waals surface area contributed by atoms with Crippen molar-refractivity contribution in [3.8, 4) is 0 Å². The fraction of sp³-hybridized carbons (Fsp3) is 1.00. The molecule has 0 aromatic heterocycles. The molecule has 1 aliphatic heterocycles. The van der Waals surface area contributed by atoms with Crippen LogP contribution in [0, 0.1) is 5.41 Å². The van der Waals surface area contributed by atoms with Gasteiger partial charge in [-0.2, -0.15) is 11.8 Å². The summed E-state index contributed by atoms with van der Waals surface area (Å²) in [6.45, 7) is 10.1. The Balaban J connectivity index is 1.61. The quantitative estimate of drug-likeness (QED) is 0.775. The number of thioether (sulfide) groups is 1. The zero-order valence-electron chi connectivity index (χ0n) is 14.1. The lowest BCUT2D eigenvalue weighted by atomic mass is 9.79. The summed E-state index contributed by atoms with van der Waals surface area (Å²) in [6, 6.07) is 0.861. The first-order chi connectivity index (χ1) is 10.2. The summed E-state index contributed by atoms with van der Waals surface area (Å²) in [7, 11) is 0. The number of nitrogens with zero attached hydrogens (tertiary/aromatic N) is 1. The minimum atomic E-state index is 0.570. The highest BCUT2D eigenvalue weighted by Gasteiger charge is 2.36. The lowest BCUT2D eigenvalue weighted by Crippen LogP contribution is -2.49. The van der Waals surface area contributed by atoms with Crippen molar-refractivity contribution >= 4 is 11.8 Å². The highest BCUT2D eigenvalue weighted by atomic mass is 32.2. The van der Waals surface area contributed by atoms with Crippen LogP contribution in [0.1, 0.15) is 65.2 Å². The molecule has 2 saturated carbocycles. The van der Waals surface area contributed by atoms with E-state index in [-0.39, 0.29) is 0 Å². The average molecular weight is 311 g/mol. The molecule has 0 aromatic rings. The zero-order chi connectivity index (χ0) is 14.7. The average Bonchev–Trinajstić information content (AvgIpc) is 3.23. The molecule has 1 saturated heterocycles. The Morgan fingerprint density at radius 2 is 1.62 bits per heavy atom.